The molecule has 25 heavy (non-hydrogen) atoms. The molecule has 2 aromatic rings. The van der Waals surface area contributed by atoms with Gasteiger partial charge in [-0.2, -0.15) is 5.10 Å². The van der Waals surface area contributed by atoms with Crippen LogP contribution in [0.3, 0.4) is 0 Å². The second kappa shape index (κ2) is 7.25. The third kappa shape index (κ3) is 3.52. The first-order valence-electron chi connectivity index (χ1n) is 8.91. The van der Waals surface area contributed by atoms with E-state index in [-0.39, 0.29) is 18.1 Å². The van der Waals surface area contributed by atoms with E-state index in [1.54, 1.807) is 6.33 Å². The van der Waals surface area contributed by atoms with E-state index in [2.05, 4.69) is 25.7 Å². The lowest BCUT2D eigenvalue weighted by atomic mass is 9.99. The lowest BCUT2D eigenvalue weighted by Gasteiger charge is -2.31. The van der Waals surface area contributed by atoms with Crippen molar-refractivity contribution in [1.82, 2.24) is 35.2 Å². The van der Waals surface area contributed by atoms with Gasteiger partial charge in [-0.1, -0.05) is 12.8 Å². The molecular formula is C17H27N7O. The fourth-order valence-electron chi connectivity index (χ4n) is 3.72. The van der Waals surface area contributed by atoms with Gasteiger partial charge >= 0.3 is 6.03 Å². The Morgan fingerprint density at radius 1 is 1.36 bits per heavy atom. The Morgan fingerprint density at radius 2 is 2.16 bits per heavy atom. The molecule has 2 atom stereocenters. The Labute approximate surface area is 148 Å². The molecule has 3 heterocycles. The van der Waals surface area contributed by atoms with Gasteiger partial charge in [0.2, 0.25) is 0 Å². The molecule has 8 nitrogen and oxygen atoms in total. The smallest absolute Gasteiger partial charge is 0.318 e. The molecule has 0 aliphatic carbocycles. The van der Waals surface area contributed by atoms with Crippen LogP contribution in [0.15, 0.2) is 6.33 Å². The van der Waals surface area contributed by atoms with Crippen molar-refractivity contribution in [2.75, 3.05) is 6.54 Å². The molecule has 1 saturated heterocycles. The van der Waals surface area contributed by atoms with Gasteiger partial charge < -0.3 is 14.8 Å². The summed E-state index contributed by atoms with van der Waals surface area (Å²) in [5.41, 5.74) is 3.18. The van der Waals surface area contributed by atoms with Crippen LogP contribution in [0, 0.1) is 13.8 Å². The summed E-state index contributed by atoms with van der Waals surface area (Å²) in [6.45, 7) is 6.72. The number of H-pyrrole nitrogens is 1. The molecule has 2 amide bonds. The Bertz CT molecular complexity index is 716. The minimum atomic E-state index is -0.199. The number of carbonyl (C=O) groups is 1. The highest BCUT2D eigenvalue weighted by molar-refractivity contribution is 5.75. The van der Waals surface area contributed by atoms with Crippen LogP contribution in [-0.4, -0.2) is 42.4 Å². The first kappa shape index (κ1) is 17.4. The summed E-state index contributed by atoms with van der Waals surface area (Å²) in [7, 11) is 1.88. The Hall–Kier alpha value is -2.38. The summed E-state index contributed by atoms with van der Waals surface area (Å²) in [6.07, 6.45) is 5.91. The van der Waals surface area contributed by atoms with Gasteiger partial charge in [0.1, 0.15) is 6.33 Å². The fraction of sp³-hybridized carbons (Fsp3) is 0.647. The summed E-state index contributed by atoms with van der Waals surface area (Å²) >= 11 is 0. The molecule has 2 aromatic heterocycles. The molecule has 0 radical (unpaired) electrons. The van der Waals surface area contributed by atoms with Crippen molar-refractivity contribution in [3.63, 3.8) is 0 Å². The number of likely N-dealkylation sites (tertiary alicyclic amines) is 1. The van der Waals surface area contributed by atoms with Crippen molar-refractivity contribution in [2.24, 2.45) is 7.05 Å². The first-order valence-corrected chi connectivity index (χ1v) is 8.91. The van der Waals surface area contributed by atoms with E-state index in [1.807, 2.05) is 37.3 Å². The molecule has 1 aliphatic rings. The lowest BCUT2D eigenvalue weighted by Crippen LogP contribution is -2.43. The van der Waals surface area contributed by atoms with E-state index >= 15 is 0 Å². The zero-order valence-electron chi connectivity index (χ0n) is 15.4. The predicted molar refractivity (Wildman–Crippen MR) is 93.9 cm³/mol. The molecule has 0 aromatic carbocycles. The monoisotopic (exact) mass is 345 g/mol. The van der Waals surface area contributed by atoms with Gasteiger partial charge in [-0.25, -0.2) is 4.79 Å². The number of amides is 2. The number of aryl methyl sites for hydroxylation is 3. The fourth-order valence-corrected chi connectivity index (χ4v) is 3.72. The molecule has 1 aliphatic heterocycles. The maximum Gasteiger partial charge on any atom is 0.318 e. The van der Waals surface area contributed by atoms with Gasteiger partial charge in [-0.3, -0.25) is 5.10 Å². The normalized spacial score (nSPS) is 19.5. The summed E-state index contributed by atoms with van der Waals surface area (Å²) < 4.78 is 1.83. The van der Waals surface area contributed by atoms with Crippen molar-refractivity contribution in [2.45, 2.75) is 58.5 Å². The molecule has 0 spiro atoms. The summed E-state index contributed by atoms with van der Waals surface area (Å²) in [5, 5.41) is 18.4. The summed E-state index contributed by atoms with van der Waals surface area (Å²) in [6, 6.07) is -0.189. The molecule has 0 bridgehead atoms. The molecule has 2 N–H and O–H groups in total. The van der Waals surface area contributed by atoms with Crippen LogP contribution in [0.1, 0.15) is 67.5 Å². The third-order valence-corrected chi connectivity index (χ3v) is 5.01. The van der Waals surface area contributed by atoms with Crippen molar-refractivity contribution < 1.29 is 4.79 Å². The SMILES string of the molecule is Cc1n[nH]c(C)c1[C@@H]1CCCCCN1C(=O)N[C@H](C)c1nncn1C. The number of hydrogen-bond acceptors (Lipinski definition) is 4. The number of aromatic nitrogens is 5. The number of rotatable bonds is 3. The molecule has 136 valence electrons. The number of carbonyl (C=O) groups excluding carboxylic acids is 1. The molecule has 0 saturated carbocycles. The Morgan fingerprint density at radius 3 is 2.80 bits per heavy atom. The highest BCUT2D eigenvalue weighted by atomic mass is 16.2. The zero-order valence-corrected chi connectivity index (χ0v) is 15.4. The minimum absolute atomic E-state index is 0.0533. The number of aromatic amines is 1. The standard InChI is InChI=1S/C17H27N7O/c1-11-15(12(2)21-20-11)14-8-6-5-7-9-24(14)17(25)19-13(3)16-22-18-10-23(16)4/h10,13-14H,5-9H2,1-4H3,(H,19,25)(H,20,21)/t13-,14+/m1/s1. The van der Waals surface area contributed by atoms with Gasteiger partial charge in [-0.15, -0.1) is 10.2 Å². The number of hydrogen-bond donors (Lipinski definition) is 2. The van der Waals surface area contributed by atoms with Crippen LogP contribution in [0.2, 0.25) is 0 Å². The van der Waals surface area contributed by atoms with Gasteiger partial charge in [0.05, 0.1) is 17.8 Å². The van der Waals surface area contributed by atoms with E-state index in [9.17, 15) is 4.79 Å². The quantitative estimate of drug-likeness (QED) is 0.894. The van der Waals surface area contributed by atoms with Crippen molar-refractivity contribution >= 4 is 6.03 Å². The van der Waals surface area contributed by atoms with Crippen LogP contribution < -0.4 is 5.32 Å². The maximum absolute atomic E-state index is 13.0. The first-order chi connectivity index (χ1) is 12.0. The second-order valence-electron chi connectivity index (χ2n) is 6.88. The minimum Gasteiger partial charge on any atom is -0.328 e. The topological polar surface area (TPSA) is 91.7 Å². The number of nitrogens with zero attached hydrogens (tertiary/aromatic N) is 5. The van der Waals surface area contributed by atoms with Crippen molar-refractivity contribution in [1.29, 1.82) is 0 Å². The van der Waals surface area contributed by atoms with Crippen LogP contribution in [0.4, 0.5) is 4.79 Å². The van der Waals surface area contributed by atoms with E-state index in [0.29, 0.717) is 0 Å². The summed E-state index contributed by atoms with van der Waals surface area (Å²) in [4.78, 5) is 15.0. The number of urea groups is 1. The van der Waals surface area contributed by atoms with Crippen LogP contribution in [-0.2, 0) is 7.05 Å². The van der Waals surface area contributed by atoms with Gasteiger partial charge in [0.25, 0.3) is 0 Å². The van der Waals surface area contributed by atoms with E-state index in [0.717, 1.165) is 55.0 Å². The summed E-state index contributed by atoms with van der Waals surface area (Å²) in [5.74, 6) is 0.746. The molecule has 1 fully saturated rings. The Balaban J connectivity index is 1.81. The molecule has 0 unspecified atom stereocenters. The Kier molecular flexibility index (Phi) is 5.06. The maximum atomic E-state index is 13.0. The molecule has 3 rings (SSSR count). The van der Waals surface area contributed by atoms with Crippen LogP contribution in [0.5, 0.6) is 0 Å². The van der Waals surface area contributed by atoms with Gasteiger partial charge in [-0.05, 0) is 33.6 Å². The van der Waals surface area contributed by atoms with Crippen molar-refractivity contribution in [3.05, 3.63) is 29.1 Å². The molecular weight excluding hydrogens is 318 g/mol. The van der Waals surface area contributed by atoms with E-state index in [4.69, 9.17) is 0 Å². The highest BCUT2D eigenvalue weighted by Gasteiger charge is 2.31. The van der Waals surface area contributed by atoms with Crippen molar-refractivity contribution in [3.8, 4) is 0 Å². The second-order valence-corrected chi connectivity index (χ2v) is 6.88. The van der Waals surface area contributed by atoms with Crippen LogP contribution >= 0.6 is 0 Å². The number of nitrogens with one attached hydrogen (secondary N) is 2. The molecule has 8 heteroatoms. The van der Waals surface area contributed by atoms with E-state index in [1.165, 1.54) is 0 Å². The highest BCUT2D eigenvalue weighted by Crippen LogP contribution is 2.33. The average molecular weight is 345 g/mol. The van der Waals surface area contributed by atoms with Crippen LogP contribution in [0.25, 0.3) is 0 Å². The van der Waals surface area contributed by atoms with Gasteiger partial charge in [0.15, 0.2) is 5.82 Å². The van der Waals surface area contributed by atoms with Gasteiger partial charge in [0, 0.05) is 24.8 Å². The van der Waals surface area contributed by atoms with E-state index < -0.39 is 0 Å². The average Bonchev–Trinajstić information content (AvgIpc) is 3.04. The zero-order chi connectivity index (χ0) is 18.0. The largest absolute Gasteiger partial charge is 0.328 e. The lowest BCUT2D eigenvalue weighted by molar-refractivity contribution is 0.172. The predicted octanol–water partition coefficient (Wildman–Crippen LogP) is 2.54. The third-order valence-electron chi connectivity index (χ3n) is 5.01.